The van der Waals surface area contributed by atoms with E-state index in [0.717, 1.165) is 23.9 Å². The maximum atomic E-state index is 6.28. The lowest BCUT2D eigenvalue weighted by molar-refractivity contribution is 0.270. The molecule has 0 amide bonds. The zero-order valence-corrected chi connectivity index (χ0v) is 21.2. The Balaban J connectivity index is 1.72. The number of hydrogen-bond donors (Lipinski definition) is 0. The molecule has 1 aliphatic carbocycles. The minimum absolute atomic E-state index is 0.0353. The van der Waals surface area contributed by atoms with E-state index in [1.807, 2.05) is 12.1 Å². The number of amidine groups is 1. The van der Waals surface area contributed by atoms with Gasteiger partial charge in [0, 0.05) is 25.2 Å². The van der Waals surface area contributed by atoms with Crippen LogP contribution in [0.3, 0.4) is 0 Å². The van der Waals surface area contributed by atoms with Crippen LogP contribution in [0.2, 0.25) is 5.02 Å². The summed E-state index contributed by atoms with van der Waals surface area (Å²) in [6.07, 6.45) is 6.23. The van der Waals surface area contributed by atoms with Crippen molar-refractivity contribution in [2.45, 2.75) is 57.3 Å². The van der Waals surface area contributed by atoms with Crippen molar-refractivity contribution < 1.29 is 0 Å². The first-order chi connectivity index (χ1) is 16.6. The predicted molar refractivity (Wildman–Crippen MR) is 144 cm³/mol. The molecule has 3 nitrogen and oxygen atoms in total. The number of benzene rings is 3. The van der Waals surface area contributed by atoms with E-state index < -0.39 is 0 Å². The maximum Gasteiger partial charge on any atom is 0.121 e. The molecule has 0 heterocycles. The van der Waals surface area contributed by atoms with Crippen LogP contribution in [0.25, 0.3) is 0 Å². The van der Waals surface area contributed by atoms with Crippen molar-refractivity contribution in [3.05, 3.63) is 107 Å². The monoisotopic (exact) mass is 473 g/mol. The molecule has 178 valence electrons. The van der Waals surface area contributed by atoms with Crippen molar-refractivity contribution in [2.24, 2.45) is 4.99 Å². The molecule has 0 spiro atoms. The first-order valence-corrected chi connectivity index (χ1v) is 12.8. The van der Waals surface area contributed by atoms with Crippen molar-refractivity contribution in [1.82, 2.24) is 9.80 Å². The van der Waals surface area contributed by atoms with Gasteiger partial charge in [0.25, 0.3) is 0 Å². The second kappa shape index (κ2) is 12.2. The van der Waals surface area contributed by atoms with Crippen LogP contribution in [0.4, 0.5) is 0 Å². The van der Waals surface area contributed by atoms with Crippen molar-refractivity contribution in [1.29, 1.82) is 0 Å². The van der Waals surface area contributed by atoms with Gasteiger partial charge in [-0.2, -0.15) is 0 Å². The van der Waals surface area contributed by atoms with Gasteiger partial charge in [-0.25, -0.2) is 0 Å². The smallest absolute Gasteiger partial charge is 0.121 e. The Morgan fingerprint density at radius 3 is 1.94 bits per heavy atom. The summed E-state index contributed by atoms with van der Waals surface area (Å²) in [6.45, 7) is 1.67. The third-order valence-corrected chi connectivity index (χ3v) is 6.94. The minimum atomic E-state index is 0.0353. The van der Waals surface area contributed by atoms with Gasteiger partial charge in [0.1, 0.15) is 5.84 Å². The molecule has 3 aromatic carbocycles. The van der Waals surface area contributed by atoms with E-state index in [9.17, 15) is 0 Å². The summed E-state index contributed by atoms with van der Waals surface area (Å²) in [5, 5.41) is 0.761. The fourth-order valence-electron chi connectivity index (χ4n) is 4.92. The zero-order chi connectivity index (χ0) is 23.8. The Morgan fingerprint density at radius 1 is 0.794 bits per heavy atom. The quantitative estimate of drug-likeness (QED) is 0.251. The van der Waals surface area contributed by atoms with E-state index in [4.69, 9.17) is 16.6 Å². The molecule has 0 N–H and O–H groups in total. The average Bonchev–Trinajstić information content (AvgIpc) is 2.86. The molecule has 0 bridgehead atoms. The summed E-state index contributed by atoms with van der Waals surface area (Å²) >= 11 is 6.28. The van der Waals surface area contributed by atoms with Crippen LogP contribution in [-0.4, -0.2) is 35.8 Å². The van der Waals surface area contributed by atoms with Crippen LogP contribution in [0.5, 0.6) is 0 Å². The van der Waals surface area contributed by atoms with E-state index in [2.05, 4.69) is 96.7 Å². The molecule has 1 aliphatic rings. The van der Waals surface area contributed by atoms with Gasteiger partial charge in [0.2, 0.25) is 0 Å². The van der Waals surface area contributed by atoms with E-state index in [1.54, 1.807) is 0 Å². The Kier molecular flexibility index (Phi) is 8.79. The van der Waals surface area contributed by atoms with Crippen molar-refractivity contribution >= 4 is 17.4 Å². The lowest BCUT2D eigenvalue weighted by atomic mass is 9.95. The first kappa shape index (κ1) is 24.5. The molecular weight excluding hydrogens is 438 g/mol. The second-order valence-corrected chi connectivity index (χ2v) is 9.91. The van der Waals surface area contributed by atoms with Gasteiger partial charge in [-0.3, -0.25) is 9.89 Å². The topological polar surface area (TPSA) is 18.8 Å². The number of rotatable bonds is 8. The molecule has 1 saturated carbocycles. The largest absolute Gasteiger partial charge is 0.357 e. The third-order valence-electron chi connectivity index (χ3n) is 6.69. The van der Waals surface area contributed by atoms with Gasteiger partial charge < -0.3 is 4.90 Å². The molecule has 3 aromatic rings. The first-order valence-electron chi connectivity index (χ1n) is 12.4. The normalized spacial score (nSPS) is 15.9. The highest BCUT2D eigenvalue weighted by molar-refractivity contribution is 6.30. The molecule has 34 heavy (non-hydrogen) atoms. The SMILES string of the molecule is CN(Cc1ccccc1)C(=NC1CCCCC1)C(c1ccc(Cl)cc1)N(C)Cc1ccccc1. The van der Waals surface area contributed by atoms with Crippen LogP contribution in [0, 0.1) is 0 Å². The van der Waals surface area contributed by atoms with Crippen LogP contribution in [0.15, 0.2) is 89.9 Å². The van der Waals surface area contributed by atoms with E-state index in [-0.39, 0.29) is 6.04 Å². The molecule has 1 atom stereocenters. The van der Waals surface area contributed by atoms with Crippen LogP contribution in [0.1, 0.15) is 54.8 Å². The van der Waals surface area contributed by atoms with Crippen molar-refractivity contribution in [2.75, 3.05) is 14.1 Å². The zero-order valence-electron chi connectivity index (χ0n) is 20.4. The Hall–Kier alpha value is -2.62. The third kappa shape index (κ3) is 6.71. The summed E-state index contributed by atoms with van der Waals surface area (Å²) in [5.74, 6) is 1.14. The van der Waals surface area contributed by atoms with Gasteiger partial charge in [0.15, 0.2) is 0 Å². The van der Waals surface area contributed by atoms with Crippen molar-refractivity contribution in [3.8, 4) is 0 Å². The van der Waals surface area contributed by atoms with Crippen LogP contribution < -0.4 is 0 Å². The lowest BCUT2D eigenvalue weighted by Gasteiger charge is -2.36. The number of likely N-dealkylation sites (N-methyl/N-ethyl adjacent to an activating group) is 2. The fourth-order valence-corrected chi connectivity index (χ4v) is 5.05. The molecule has 0 aromatic heterocycles. The Morgan fingerprint density at radius 2 is 1.35 bits per heavy atom. The average molecular weight is 474 g/mol. The lowest BCUT2D eigenvalue weighted by Crippen LogP contribution is -2.40. The van der Waals surface area contributed by atoms with Gasteiger partial charge >= 0.3 is 0 Å². The molecule has 0 saturated heterocycles. The summed E-state index contributed by atoms with van der Waals surface area (Å²) < 4.78 is 0. The molecule has 1 fully saturated rings. The molecule has 0 radical (unpaired) electrons. The molecule has 4 heteroatoms. The van der Waals surface area contributed by atoms with Crippen LogP contribution in [-0.2, 0) is 13.1 Å². The number of aliphatic imine (C=N–C) groups is 1. The highest BCUT2D eigenvalue weighted by Crippen LogP contribution is 2.29. The highest BCUT2D eigenvalue weighted by atomic mass is 35.5. The highest BCUT2D eigenvalue weighted by Gasteiger charge is 2.28. The summed E-state index contributed by atoms with van der Waals surface area (Å²) in [7, 11) is 4.40. The van der Waals surface area contributed by atoms with E-state index in [1.165, 1.54) is 48.8 Å². The van der Waals surface area contributed by atoms with Gasteiger partial charge in [-0.05, 0) is 48.7 Å². The van der Waals surface area contributed by atoms with Gasteiger partial charge in [-0.1, -0.05) is 104 Å². The Labute approximate surface area is 210 Å². The number of nitrogens with zero attached hydrogens (tertiary/aromatic N) is 3. The predicted octanol–water partition coefficient (Wildman–Crippen LogP) is 7.38. The standard InChI is InChI=1S/C30H36ClN3/c1-33(22-24-12-6-3-7-13-24)29(26-18-20-27(31)21-19-26)30(32-28-16-10-5-11-17-28)34(2)23-25-14-8-4-9-15-25/h3-4,6-9,12-15,18-21,28-29H,5,10-11,16-17,22-23H2,1-2H3. The molecule has 4 rings (SSSR count). The summed E-state index contributed by atoms with van der Waals surface area (Å²) in [4.78, 5) is 10.2. The number of hydrogen-bond acceptors (Lipinski definition) is 2. The maximum absolute atomic E-state index is 6.28. The molecule has 1 unspecified atom stereocenters. The molecule has 0 aliphatic heterocycles. The summed E-state index contributed by atoms with van der Waals surface area (Å²) in [6, 6.07) is 30.1. The minimum Gasteiger partial charge on any atom is -0.357 e. The summed E-state index contributed by atoms with van der Waals surface area (Å²) in [5.41, 5.74) is 3.81. The number of halogens is 1. The van der Waals surface area contributed by atoms with Crippen molar-refractivity contribution in [3.63, 3.8) is 0 Å². The van der Waals surface area contributed by atoms with E-state index in [0.29, 0.717) is 6.04 Å². The fraction of sp³-hybridized carbons (Fsp3) is 0.367. The van der Waals surface area contributed by atoms with E-state index >= 15 is 0 Å². The van der Waals surface area contributed by atoms with Gasteiger partial charge in [0.05, 0.1) is 12.1 Å². The molecular formula is C30H36ClN3. The Bertz CT molecular complexity index is 1030. The van der Waals surface area contributed by atoms with Crippen LogP contribution >= 0.6 is 11.6 Å². The van der Waals surface area contributed by atoms with Gasteiger partial charge in [-0.15, -0.1) is 0 Å². The second-order valence-electron chi connectivity index (χ2n) is 9.48.